The van der Waals surface area contributed by atoms with Crippen molar-refractivity contribution in [1.29, 1.82) is 0 Å². The fraction of sp³-hybridized carbons (Fsp3) is 0.933. The minimum atomic E-state index is -0.406. The number of carbonyl (C=O) groups is 1. The molecule has 1 aliphatic heterocycles. The maximum absolute atomic E-state index is 12.0. The van der Waals surface area contributed by atoms with Crippen LogP contribution >= 0.6 is 0 Å². The van der Waals surface area contributed by atoms with E-state index in [0.717, 1.165) is 32.0 Å². The van der Waals surface area contributed by atoms with E-state index in [1.165, 1.54) is 19.3 Å². The van der Waals surface area contributed by atoms with Crippen molar-refractivity contribution >= 4 is 6.09 Å². The number of likely N-dealkylation sites (tertiary alicyclic amines) is 1. The minimum Gasteiger partial charge on any atom is -0.444 e. The van der Waals surface area contributed by atoms with Crippen molar-refractivity contribution in [1.82, 2.24) is 4.90 Å². The molecule has 4 heteroatoms. The van der Waals surface area contributed by atoms with Crippen molar-refractivity contribution in [2.75, 3.05) is 19.6 Å². The standard InChI is InChI=1S/C15H28N2O2/c1-15(2,3)19-14(18)17-8-7-12(10-17)13(9-16)11-5-4-6-11/h11-13H,4-10,16H2,1-3H3. The van der Waals surface area contributed by atoms with E-state index in [2.05, 4.69) is 0 Å². The molecule has 0 bridgehead atoms. The molecule has 0 spiro atoms. The number of carbonyl (C=O) groups excluding carboxylic acids is 1. The molecule has 1 saturated carbocycles. The molecule has 1 heterocycles. The van der Waals surface area contributed by atoms with Gasteiger partial charge in [-0.05, 0) is 51.5 Å². The molecule has 1 amide bonds. The number of hydrogen-bond donors (Lipinski definition) is 1. The summed E-state index contributed by atoms with van der Waals surface area (Å²) in [4.78, 5) is 13.9. The van der Waals surface area contributed by atoms with Crippen LogP contribution in [0.2, 0.25) is 0 Å². The normalized spacial score (nSPS) is 26.1. The lowest BCUT2D eigenvalue weighted by Crippen LogP contribution is -2.38. The Balaban J connectivity index is 1.86. The number of ether oxygens (including phenoxy) is 1. The van der Waals surface area contributed by atoms with Gasteiger partial charge in [-0.2, -0.15) is 0 Å². The summed E-state index contributed by atoms with van der Waals surface area (Å²) in [6.07, 6.45) is 4.91. The Morgan fingerprint density at radius 3 is 2.47 bits per heavy atom. The Morgan fingerprint density at radius 1 is 1.32 bits per heavy atom. The molecule has 1 saturated heterocycles. The summed E-state index contributed by atoms with van der Waals surface area (Å²) in [7, 11) is 0. The molecular formula is C15H28N2O2. The quantitative estimate of drug-likeness (QED) is 0.856. The zero-order chi connectivity index (χ0) is 14.0. The van der Waals surface area contributed by atoms with Gasteiger partial charge in [0, 0.05) is 13.1 Å². The van der Waals surface area contributed by atoms with Gasteiger partial charge in [-0.15, -0.1) is 0 Å². The molecule has 19 heavy (non-hydrogen) atoms. The van der Waals surface area contributed by atoms with Gasteiger partial charge in [-0.3, -0.25) is 0 Å². The van der Waals surface area contributed by atoms with Crippen LogP contribution in [0.4, 0.5) is 4.79 Å². The number of nitrogens with zero attached hydrogens (tertiary/aromatic N) is 1. The molecule has 2 rings (SSSR count). The van der Waals surface area contributed by atoms with E-state index in [-0.39, 0.29) is 6.09 Å². The molecule has 2 unspecified atom stereocenters. The summed E-state index contributed by atoms with van der Waals surface area (Å²) < 4.78 is 5.44. The van der Waals surface area contributed by atoms with E-state index in [1.54, 1.807) is 0 Å². The fourth-order valence-corrected chi connectivity index (χ4v) is 3.27. The van der Waals surface area contributed by atoms with Gasteiger partial charge in [0.2, 0.25) is 0 Å². The molecule has 2 atom stereocenters. The van der Waals surface area contributed by atoms with Crippen molar-refractivity contribution in [2.45, 2.75) is 52.1 Å². The van der Waals surface area contributed by atoms with Crippen molar-refractivity contribution in [2.24, 2.45) is 23.5 Å². The van der Waals surface area contributed by atoms with Crippen molar-refractivity contribution < 1.29 is 9.53 Å². The summed E-state index contributed by atoms with van der Waals surface area (Å²) in [5, 5.41) is 0. The first-order chi connectivity index (χ1) is 8.90. The first-order valence-corrected chi connectivity index (χ1v) is 7.58. The highest BCUT2D eigenvalue weighted by atomic mass is 16.6. The van der Waals surface area contributed by atoms with Crippen LogP contribution < -0.4 is 5.73 Å². The van der Waals surface area contributed by atoms with Crippen molar-refractivity contribution in [3.05, 3.63) is 0 Å². The second-order valence-corrected chi connectivity index (χ2v) is 7.07. The SMILES string of the molecule is CC(C)(C)OC(=O)N1CCC(C(CN)C2CCC2)C1. The average Bonchev–Trinajstić information content (AvgIpc) is 2.69. The summed E-state index contributed by atoms with van der Waals surface area (Å²) in [5.41, 5.74) is 5.55. The molecule has 2 aliphatic rings. The van der Waals surface area contributed by atoms with E-state index >= 15 is 0 Å². The molecule has 110 valence electrons. The molecule has 1 aliphatic carbocycles. The predicted octanol–water partition coefficient (Wildman–Crippen LogP) is 2.62. The highest BCUT2D eigenvalue weighted by Crippen LogP contribution is 2.39. The van der Waals surface area contributed by atoms with Crippen LogP contribution in [0.25, 0.3) is 0 Å². The number of rotatable bonds is 3. The Labute approximate surface area is 116 Å². The monoisotopic (exact) mass is 268 g/mol. The Hall–Kier alpha value is -0.770. The van der Waals surface area contributed by atoms with Crippen molar-refractivity contribution in [3.8, 4) is 0 Å². The fourth-order valence-electron chi connectivity index (χ4n) is 3.27. The van der Waals surface area contributed by atoms with Gasteiger partial charge >= 0.3 is 6.09 Å². The van der Waals surface area contributed by atoms with Gasteiger partial charge in [0.05, 0.1) is 0 Å². The minimum absolute atomic E-state index is 0.167. The van der Waals surface area contributed by atoms with Crippen LogP contribution in [-0.2, 0) is 4.74 Å². The molecule has 0 radical (unpaired) electrons. The third-order valence-corrected chi connectivity index (χ3v) is 4.51. The zero-order valence-electron chi connectivity index (χ0n) is 12.5. The van der Waals surface area contributed by atoms with Crippen LogP contribution in [0.15, 0.2) is 0 Å². The van der Waals surface area contributed by atoms with Gasteiger partial charge in [0.15, 0.2) is 0 Å². The van der Waals surface area contributed by atoms with E-state index in [4.69, 9.17) is 10.5 Å². The van der Waals surface area contributed by atoms with Crippen LogP contribution in [0.3, 0.4) is 0 Å². The van der Waals surface area contributed by atoms with Gasteiger partial charge in [0.1, 0.15) is 5.60 Å². The van der Waals surface area contributed by atoms with Gasteiger partial charge in [-0.1, -0.05) is 19.3 Å². The number of hydrogen-bond acceptors (Lipinski definition) is 3. The summed E-state index contributed by atoms with van der Waals surface area (Å²) >= 11 is 0. The maximum atomic E-state index is 12.0. The largest absolute Gasteiger partial charge is 0.444 e. The van der Waals surface area contributed by atoms with E-state index in [0.29, 0.717) is 11.8 Å². The zero-order valence-corrected chi connectivity index (χ0v) is 12.5. The Kier molecular flexibility index (Phi) is 4.39. The summed E-state index contributed by atoms with van der Waals surface area (Å²) in [5.74, 6) is 1.97. The second-order valence-electron chi connectivity index (χ2n) is 7.07. The smallest absolute Gasteiger partial charge is 0.410 e. The first kappa shape index (κ1) is 14.6. The van der Waals surface area contributed by atoms with Gasteiger partial charge in [0.25, 0.3) is 0 Å². The van der Waals surface area contributed by atoms with Crippen LogP contribution in [0.5, 0.6) is 0 Å². The third kappa shape index (κ3) is 3.62. The third-order valence-electron chi connectivity index (χ3n) is 4.51. The number of nitrogens with two attached hydrogens (primary N) is 1. The summed E-state index contributed by atoms with van der Waals surface area (Å²) in [6, 6.07) is 0. The van der Waals surface area contributed by atoms with Gasteiger partial charge in [-0.25, -0.2) is 4.79 Å². The predicted molar refractivity (Wildman–Crippen MR) is 75.8 cm³/mol. The number of amides is 1. The molecule has 0 aromatic rings. The van der Waals surface area contributed by atoms with Crippen LogP contribution in [0.1, 0.15) is 46.5 Å². The highest BCUT2D eigenvalue weighted by molar-refractivity contribution is 5.68. The van der Waals surface area contributed by atoms with Crippen LogP contribution in [0, 0.1) is 17.8 Å². The topological polar surface area (TPSA) is 55.6 Å². The maximum Gasteiger partial charge on any atom is 0.410 e. The molecule has 2 fully saturated rings. The molecular weight excluding hydrogens is 240 g/mol. The van der Waals surface area contributed by atoms with E-state index < -0.39 is 5.60 Å². The molecule has 0 aromatic heterocycles. The van der Waals surface area contributed by atoms with E-state index in [1.807, 2.05) is 25.7 Å². The Bertz CT molecular complexity index is 321. The average molecular weight is 268 g/mol. The van der Waals surface area contributed by atoms with Crippen LogP contribution in [-0.4, -0.2) is 36.2 Å². The van der Waals surface area contributed by atoms with E-state index in [9.17, 15) is 4.79 Å². The lowest BCUT2D eigenvalue weighted by atomic mass is 9.70. The molecule has 4 nitrogen and oxygen atoms in total. The molecule has 2 N–H and O–H groups in total. The summed E-state index contributed by atoms with van der Waals surface area (Å²) in [6.45, 7) is 8.15. The van der Waals surface area contributed by atoms with Gasteiger partial charge < -0.3 is 15.4 Å². The highest BCUT2D eigenvalue weighted by Gasteiger charge is 2.38. The molecule has 0 aromatic carbocycles. The lowest BCUT2D eigenvalue weighted by Gasteiger charge is -2.36. The lowest BCUT2D eigenvalue weighted by molar-refractivity contribution is 0.0276. The van der Waals surface area contributed by atoms with Crippen molar-refractivity contribution in [3.63, 3.8) is 0 Å². The Morgan fingerprint density at radius 2 is 2.00 bits per heavy atom. The second kappa shape index (κ2) is 5.70. The first-order valence-electron chi connectivity index (χ1n) is 7.58.